The van der Waals surface area contributed by atoms with Crippen molar-refractivity contribution in [1.82, 2.24) is 20.4 Å². The standard InChI is InChI=1S/C20H28N4O3S/c1-12-16-11-17(28-19(16)24(23-12)15-5-3-2-4-6-15)18(25)21-13-7-9-14(10-8-13)22-20(26)27/h11,13-15,22H,2-10H2,1H3,(H,21,25)(H,26,27). The summed E-state index contributed by atoms with van der Waals surface area (Å²) >= 11 is 1.54. The van der Waals surface area contributed by atoms with Gasteiger partial charge in [0.1, 0.15) is 4.83 Å². The number of thiophene rings is 1. The Bertz CT molecular complexity index is 860. The van der Waals surface area contributed by atoms with E-state index in [1.807, 2.05) is 13.0 Å². The Hall–Kier alpha value is -2.09. The van der Waals surface area contributed by atoms with E-state index in [0.29, 0.717) is 6.04 Å². The molecule has 2 amide bonds. The van der Waals surface area contributed by atoms with Crippen molar-refractivity contribution in [2.45, 2.75) is 82.8 Å². The van der Waals surface area contributed by atoms with Gasteiger partial charge in [0.15, 0.2) is 0 Å². The van der Waals surface area contributed by atoms with Gasteiger partial charge in [-0.25, -0.2) is 4.79 Å². The Morgan fingerprint density at radius 3 is 2.36 bits per heavy atom. The van der Waals surface area contributed by atoms with Crippen molar-refractivity contribution in [3.8, 4) is 0 Å². The fourth-order valence-corrected chi connectivity index (χ4v) is 5.71. The molecule has 0 spiro atoms. The number of nitrogens with zero attached hydrogens (tertiary/aromatic N) is 2. The maximum atomic E-state index is 12.8. The van der Waals surface area contributed by atoms with Crippen molar-refractivity contribution in [2.75, 3.05) is 0 Å². The molecular formula is C20H28N4O3S. The molecule has 0 atom stereocenters. The average molecular weight is 405 g/mol. The van der Waals surface area contributed by atoms with Crippen LogP contribution < -0.4 is 10.6 Å². The lowest BCUT2D eigenvalue weighted by Gasteiger charge is -2.28. The first-order valence-electron chi connectivity index (χ1n) is 10.3. The summed E-state index contributed by atoms with van der Waals surface area (Å²) in [6.07, 6.45) is 8.31. The first-order chi connectivity index (χ1) is 13.5. The number of carbonyl (C=O) groups is 2. The number of fused-ring (bicyclic) bond motifs is 1. The number of aryl methyl sites for hydroxylation is 1. The molecule has 2 aliphatic carbocycles. The summed E-state index contributed by atoms with van der Waals surface area (Å²) in [6, 6.07) is 2.55. The van der Waals surface area contributed by atoms with Gasteiger partial charge in [0.05, 0.1) is 16.6 Å². The van der Waals surface area contributed by atoms with Gasteiger partial charge in [0, 0.05) is 17.5 Å². The van der Waals surface area contributed by atoms with Gasteiger partial charge in [-0.2, -0.15) is 5.10 Å². The summed E-state index contributed by atoms with van der Waals surface area (Å²) in [5.41, 5.74) is 0.996. The van der Waals surface area contributed by atoms with E-state index in [0.717, 1.165) is 46.5 Å². The van der Waals surface area contributed by atoms with Crippen LogP contribution in [0.25, 0.3) is 10.2 Å². The lowest BCUT2D eigenvalue weighted by atomic mass is 9.91. The van der Waals surface area contributed by atoms with Gasteiger partial charge < -0.3 is 15.7 Å². The van der Waals surface area contributed by atoms with Gasteiger partial charge >= 0.3 is 6.09 Å². The number of carbonyl (C=O) groups excluding carboxylic acids is 1. The maximum absolute atomic E-state index is 12.8. The quantitative estimate of drug-likeness (QED) is 0.711. The molecule has 3 N–H and O–H groups in total. The topological polar surface area (TPSA) is 96.3 Å². The van der Waals surface area contributed by atoms with Gasteiger partial charge in [0.2, 0.25) is 0 Å². The molecule has 2 aromatic heterocycles. The third kappa shape index (κ3) is 4.01. The molecule has 0 bridgehead atoms. The number of hydrogen-bond acceptors (Lipinski definition) is 4. The number of rotatable bonds is 4. The van der Waals surface area contributed by atoms with Crippen molar-refractivity contribution in [2.24, 2.45) is 0 Å². The highest BCUT2D eigenvalue weighted by molar-refractivity contribution is 7.20. The minimum atomic E-state index is -0.972. The number of amides is 2. The van der Waals surface area contributed by atoms with E-state index in [9.17, 15) is 9.59 Å². The maximum Gasteiger partial charge on any atom is 0.404 e. The summed E-state index contributed by atoms with van der Waals surface area (Å²) in [7, 11) is 0. The number of carboxylic acid groups (broad SMARTS) is 1. The first-order valence-corrected chi connectivity index (χ1v) is 11.1. The normalized spacial score (nSPS) is 23.6. The van der Waals surface area contributed by atoms with E-state index in [4.69, 9.17) is 10.2 Å². The van der Waals surface area contributed by atoms with E-state index in [1.54, 1.807) is 11.3 Å². The summed E-state index contributed by atoms with van der Waals surface area (Å²) in [5, 5.41) is 20.4. The monoisotopic (exact) mass is 404 g/mol. The summed E-state index contributed by atoms with van der Waals surface area (Å²) in [5.74, 6) is -0.0227. The zero-order chi connectivity index (χ0) is 19.7. The fourth-order valence-electron chi connectivity index (χ4n) is 4.57. The molecule has 0 saturated heterocycles. The van der Waals surface area contributed by atoms with Crippen LogP contribution in [0, 0.1) is 6.92 Å². The molecule has 0 aromatic carbocycles. The second kappa shape index (κ2) is 8.11. The second-order valence-electron chi connectivity index (χ2n) is 8.12. The van der Waals surface area contributed by atoms with Gasteiger partial charge in [-0.1, -0.05) is 19.3 Å². The predicted octanol–water partition coefficient (Wildman–Crippen LogP) is 4.22. The van der Waals surface area contributed by atoms with Gasteiger partial charge in [-0.05, 0) is 51.5 Å². The minimum absolute atomic E-state index is 0.000830. The van der Waals surface area contributed by atoms with E-state index < -0.39 is 6.09 Å². The zero-order valence-corrected chi connectivity index (χ0v) is 17.1. The Labute approximate surface area is 168 Å². The van der Waals surface area contributed by atoms with Crippen molar-refractivity contribution in [3.05, 3.63) is 16.6 Å². The van der Waals surface area contributed by atoms with Crippen LogP contribution in [0.3, 0.4) is 0 Å². The van der Waals surface area contributed by atoms with Crippen molar-refractivity contribution < 1.29 is 14.7 Å². The molecule has 0 unspecified atom stereocenters. The van der Waals surface area contributed by atoms with Crippen LogP contribution in [0.15, 0.2) is 6.07 Å². The molecule has 2 aliphatic rings. The molecule has 4 rings (SSSR count). The first kappa shape index (κ1) is 19.2. The van der Waals surface area contributed by atoms with Crippen LogP contribution in [0.1, 0.15) is 79.2 Å². The fraction of sp³-hybridized carbons (Fsp3) is 0.650. The third-order valence-corrected chi connectivity index (χ3v) is 7.23. The summed E-state index contributed by atoms with van der Waals surface area (Å²) in [4.78, 5) is 25.4. The Morgan fingerprint density at radius 2 is 1.71 bits per heavy atom. The Balaban J connectivity index is 1.43. The number of nitrogens with one attached hydrogen (secondary N) is 2. The van der Waals surface area contributed by atoms with Gasteiger partial charge in [-0.15, -0.1) is 11.3 Å². The molecule has 8 heteroatoms. The highest BCUT2D eigenvalue weighted by atomic mass is 32.1. The molecule has 0 aliphatic heterocycles. The van der Waals surface area contributed by atoms with E-state index in [1.165, 1.54) is 32.1 Å². The highest BCUT2D eigenvalue weighted by Gasteiger charge is 2.26. The molecule has 7 nitrogen and oxygen atoms in total. The van der Waals surface area contributed by atoms with E-state index >= 15 is 0 Å². The minimum Gasteiger partial charge on any atom is -0.465 e. The van der Waals surface area contributed by atoms with Crippen LogP contribution in [-0.4, -0.2) is 39.0 Å². The van der Waals surface area contributed by atoms with Crippen LogP contribution in [0.5, 0.6) is 0 Å². The number of hydrogen-bond donors (Lipinski definition) is 3. The van der Waals surface area contributed by atoms with Crippen LogP contribution >= 0.6 is 11.3 Å². The molecule has 2 aromatic rings. The lowest BCUT2D eigenvalue weighted by molar-refractivity contribution is 0.0927. The third-order valence-electron chi connectivity index (χ3n) is 6.10. The molecular weight excluding hydrogens is 376 g/mol. The average Bonchev–Trinajstić information content (AvgIpc) is 3.24. The van der Waals surface area contributed by atoms with Crippen molar-refractivity contribution >= 4 is 33.6 Å². The smallest absolute Gasteiger partial charge is 0.404 e. The van der Waals surface area contributed by atoms with Crippen molar-refractivity contribution in [3.63, 3.8) is 0 Å². The van der Waals surface area contributed by atoms with E-state index in [-0.39, 0.29) is 18.0 Å². The zero-order valence-electron chi connectivity index (χ0n) is 16.2. The molecule has 2 saturated carbocycles. The van der Waals surface area contributed by atoms with E-state index in [2.05, 4.69) is 15.3 Å². The molecule has 2 fully saturated rings. The van der Waals surface area contributed by atoms with Crippen molar-refractivity contribution in [1.29, 1.82) is 0 Å². The summed E-state index contributed by atoms with van der Waals surface area (Å²) < 4.78 is 2.16. The molecule has 152 valence electrons. The molecule has 28 heavy (non-hydrogen) atoms. The van der Waals surface area contributed by atoms with Crippen LogP contribution in [0.2, 0.25) is 0 Å². The lowest BCUT2D eigenvalue weighted by Crippen LogP contribution is -2.43. The Kier molecular flexibility index (Phi) is 5.57. The number of aromatic nitrogens is 2. The highest BCUT2D eigenvalue weighted by Crippen LogP contribution is 2.35. The predicted molar refractivity (Wildman–Crippen MR) is 109 cm³/mol. The SMILES string of the molecule is Cc1nn(C2CCCCC2)c2sc(C(=O)NC3CCC(NC(=O)O)CC3)cc12. The molecule has 0 radical (unpaired) electrons. The van der Waals surface area contributed by atoms with Crippen LogP contribution in [0.4, 0.5) is 4.79 Å². The Morgan fingerprint density at radius 1 is 1.07 bits per heavy atom. The molecule has 2 heterocycles. The van der Waals surface area contributed by atoms with Gasteiger partial charge in [0.25, 0.3) is 5.91 Å². The van der Waals surface area contributed by atoms with Gasteiger partial charge in [-0.3, -0.25) is 9.48 Å². The largest absolute Gasteiger partial charge is 0.465 e. The second-order valence-corrected chi connectivity index (χ2v) is 9.15. The van der Waals surface area contributed by atoms with Crippen LogP contribution in [-0.2, 0) is 0 Å². The summed E-state index contributed by atoms with van der Waals surface area (Å²) in [6.45, 7) is 2.02.